The van der Waals surface area contributed by atoms with E-state index in [1.165, 1.54) is 0 Å². The number of halogens is 3. The molecule has 2 atom stereocenters. The third-order valence-electron chi connectivity index (χ3n) is 1.62. The molecule has 0 amide bonds. The molecule has 8 heteroatoms. The fourth-order valence-corrected chi connectivity index (χ4v) is 3.00. The second-order valence-electron chi connectivity index (χ2n) is 2.82. The molecule has 0 aromatic heterocycles. The topological polar surface area (TPSA) is 55.8 Å². The number of hydrogen-bond acceptors (Lipinski definition) is 4. The lowest BCUT2D eigenvalue weighted by molar-refractivity contribution is 0.157. The van der Waals surface area contributed by atoms with Gasteiger partial charge in [0.2, 0.25) is 9.64 Å². The summed E-state index contributed by atoms with van der Waals surface area (Å²) in [5, 5.41) is 9.50. The van der Waals surface area contributed by atoms with Gasteiger partial charge in [-0.2, -0.15) is 0 Å². The molecule has 0 aromatic rings. The van der Waals surface area contributed by atoms with Gasteiger partial charge < -0.3 is 14.2 Å². The van der Waals surface area contributed by atoms with Crippen LogP contribution in [0.5, 0.6) is 0 Å². The number of hydrogen-bond donors (Lipinski definition) is 1. The van der Waals surface area contributed by atoms with Crippen LogP contribution in [0, 0.1) is 0 Å². The molecular weight excluding hydrogens is 285 g/mol. The van der Waals surface area contributed by atoms with Gasteiger partial charge in [-0.15, -0.1) is 0 Å². The number of aliphatic hydroxyl groups is 1. The van der Waals surface area contributed by atoms with Crippen molar-refractivity contribution < 1.29 is 18.7 Å². The molecule has 1 N–H and O–H groups in total. The highest BCUT2D eigenvalue weighted by molar-refractivity contribution is 7.55. The lowest BCUT2D eigenvalue weighted by atomic mass is 10.4. The third kappa shape index (κ3) is 5.22. The quantitative estimate of drug-likeness (QED) is 0.464. The van der Waals surface area contributed by atoms with E-state index in [-0.39, 0.29) is 6.61 Å². The Labute approximate surface area is 104 Å². The first-order chi connectivity index (χ1) is 6.78. The standard InChI is InChI=1S/C7H14Cl3O4P/c1-3-4-5-14-15(12,13-2)6(11)7(8,9)10/h6,11H,3-5H2,1-2H3. The van der Waals surface area contributed by atoms with E-state index in [2.05, 4.69) is 4.52 Å². The highest BCUT2D eigenvalue weighted by Gasteiger charge is 2.47. The van der Waals surface area contributed by atoms with Gasteiger partial charge in [-0.3, -0.25) is 4.57 Å². The Kier molecular flexibility index (Phi) is 7.09. The summed E-state index contributed by atoms with van der Waals surface area (Å²) in [6.45, 7) is 2.12. The van der Waals surface area contributed by atoms with Gasteiger partial charge in [0.15, 0.2) is 0 Å². The molecule has 0 aliphatic carbocycles. The molecule has 92 valence electrons. The van der Waals surface area contributed by atoms with E-state index in [1.807, 2.05) is 6.92 Å². The van der Waals surface area contributed by atoms with Gasteiger partial charge in [0.1, 0.15) is 0 Å². The van der Waals surface area contributed by atoms with Crippen molar-refractivity contribution in [3.05, 3.63) is 0 Å². The molecule has 0 fully saturated rings. The predicted octanol–water partition coefficient (Wildman–Crippen LogP) is 3.33. The summed E-state index contributed by atoms with van der Waals surface area (Å²) < 4.78 is 19.3. The fraction of sp³-hybridized carbons (Fsp3) is 1.00. The van der Waals surface area contributed by atoms with Crippen molar-refractivity contribution in [3.8, 4) is 0 Å². The zero-order valence-corrected chi connectivity index (χ0v) is 11.6. The van der Waals surface area contributed by atoms with Crippen LogP contribution in [-0.2, 0) is 13.6 Å². The average Bonchev–Trinajstić information content (AvgIpc) is 2.15. The van der Waals surface area contributed by atoms with Crippen LogP contribution in [0.15, 0.2) is 0 Å². The second kappa shape index (κ2) is 6.65. The Morgan fingerprint density at radius 2 is 2.00 bits per heavy atom. The van der Waals surface area contributed by atoms with Gasteiger partial charge in [0.25, 0.3) is 0 Å². The number of aliphatic hydroxyl groups excluding tert-OH is 1. The lowest BCUT2D eigenvalue weighted by Gasteiger charge is -2.26. The first-order valence-electron chi connectivity index (χ1n) is 4.32. The molecule has 0 heterocycles. The Morgan fingerprint density at radius 3 is 2.33 bits per heavy atom. The maximum atomic E-state index is 11.9. The summed E-state index contributed by atoms with van der Waals surface area (Å²) in [4.78, 5) is 0. The normalized spacial score (nSPS) is 18.5. The molecule has 15 heavy (non-hydrogen) atoms. The van der Waals surface area contributed by atoms with Crippen LogP contribution in [0.1, 0.15) is 19.8 Å². The molecule has 0 saturated carbocycles. The van der Waals surface area contributed by atoms with Crippen molar-refractivity contribution >= 4 is 42.4 Å². The van der Waals surface area contributed by atoms with Crippen molar-refractivity contribution in [2.24, 2.45) is 0 Å². The van der Waals surface area contributed by atoms with E-state index >= 15 is 0 Å². The van der Waals surface area contributed by atoms with Crippen LogP contribution in [-0.4, -0.2) is 28.5 Å². The minimum Gasteiger partial charge on any atom is -0.377 e. The van der Waals surface area contributed by atoms with E-state index in [4.69, 9.17) is 39.3 Å². The predicted molar refractivity (Wildman–Crippen MR) is 61.8 cm³/mol. The summed E-state index contributed by atoms with van der Waals surface area (Å²) >= 11 is 16.2. The molecular formula is C7H14Cl3O4P. The van der Waals surface area contributed by atoms with Crippen LogP contribution in [0.4, 0.5) is 0 Å². The van der Waals surface area contributed by atoms with Crippen molar-refractivity contribution in [1.29, 1.82) is 0 Å². The zero-order chi connectivity index (χ0) is 12.1. The number of unbranched alkanes of at least 4 members (excludes halogenated alkanes) is 1. The summed E-state index contributed by atoms with van der Waals surface area (Å²) in [7, 11) is -2.65. The molecule has 0 aromatic carbocycles. The molecule has 0 bridgehead atoms. The SMILES string of the molecule is CCCCOP(=O)(OC)C(O)C(Cl)(Cl)Cl. The Morgan fingerprint density at radius 1 is 1.47 bits per heavy atom. The third-order valence-corrected chi connectivity index (χ3v) is 4.73. The Balaban J connectivity index is 4.49. The van der Waals surface area contributed by atoms with Crippen molar-refractivity contribution in [2.45, 2.75) is 29.4 Å². The van der Waals surface area contributed by atoms with Crippen LogP contribution >= 0.6 is 42.4 Å². The van der Waals surface area contributed by atoms with Crippen LogP contribution in [0.2, 0.25) is 0 Å². The van der Waals surface area contributed by atoms with E-state index in [0.717, 1.165) is 13.5 Å². The molecule has 0 spiro atoms. The summed E-state index contributed by atoms with van der Waals surface area (Å²) in [5.41, 5.74) is 0. The van der Waals surface area contributed by atoms with Crippen molar-refractivity contribution in [2.75, 3.05) is 13.7 Å². The highest BCUT2D eigenvalue weighted by Crippen LogP contribution is 2.58. The molecule has 0 radical (unpaired) electrons. The maximum absolute atomic E-state index is 11.9. The first-order valence-corrected chi connectivity index (χ1v) is 7.07. The number of rotatable bonds is 6. The maximum Gasteiger partial charge on any atom is 0.363 e. The minimum atomic E-state index is -3.78. The molecule has 0 rings (SSSR count). The van der Waals surface area contributed by atoms with E-state index < -0.39 is 17.2 Å². The summed E-state index contributed by atoms with van der Waals surface area (Å²) in [5.74, 6) is -1.79. The van der Waals surface area contributed by atoms with Gasteiger partial charge >= 0.3 is 7.60 Å². The molecule has 2 unspecified atom stereocenters. The van der Waals surface area contributed by atoms with E-state index in [1.54, 1.807) is 0 Å². The zero-order valence-electron chi connectivity index (χ0n) is 8.45. The Hall–Kier alpha value is 0.980. The molecule has 0 aliphatic rings. The van der Waals surface area contributed by atoms with Crippen molar-refractivity contribution in [1.82, 2.24) is 0 Å². The first kappa shape index (κ1) is 16.0. The molecule has 4 nitrogen and oxygen atoms in total. The second-order valence-corrected chi connectivity index (χ2v) is 7.39. The Bertz CT molecular complexity index is 231. The smallest absolute Gasteiger partial charge is 0.363 e. The van der Waals surface area contributed by atoms with Gasteiger partial charge in [-0.05, 0) is 6.42 Å². The van der Waals surface area contributed by atoms with Gasteiger partial charge in [-0.25, -0.2) is 0 Å². The van der Waals surface area contributed by atoms with E-state index in [0.29, 0.717) is 6.42 Å². The summed E-state index contributed by atoms with van der Waals surface area (Å²) in [6.07, 6.45) is 1.54. The minimum absolute atomic E-state index is 0.180. The van der Waals surface area contributed by atoms with Crippen LogP contribution < -0.4 is 0 Å². The van der Waals surface area contributed by atoms with Gasteiger partial charge in [0, 0.05) is 7.11 Å². The van der Waals surface area contributed by atoms with Crippen molar-refractivity contribution in [3.63, 3.8) is 0 Å². The monoisotopic (exact) mass is 298 g/mol. The van der Waals surface area contributed by atoms with E-state index in [9.17, 15) is 9.67 Å². The highest BCUT2D eigenvalue weighted by atomic mass is 35.6. The lowest BCUT2D eigenvalue weighted by Crippen LogP contribution is -2.27. The molecule has 0 aliphatic heterocycles. The van der Waals surface area contributed by atoms with Gasteiger partial charge in [-0.1, -0.05) is 48.1 Å². The molecule has 0 saturated heterocycles. The van der Waals surface area contributed by atoms with Gasteiger partial charge in [0.05, 0.1) is 6.61 Å². The largest absolute Gasteiger partial charge is 0.377 e. The van der Waals surface area contributed by atoms with Crippen LogP contribution in [0.25, 0.3) is 0 Å². The number of alkyl halides is 3. The summed E-state index contributed by atoms with van der Waals surface area (Å²) in [6, 6.07) is 0. The van der Waals surface area contributed by atoms with Crippen LogP contribution in [0.3, 0.4) is 0 Å². The average molecular weight is 300 g/mol. The fourth-order valence-electron chi connectivity index (χ4n) is 0.739.